The molecule has 88 valence electrons. The lowest BCUT2D eigenvalue weighted by atomic mass is 10.0. The van der Waals surface area contributed by atoms with Gasteiger partial charge in [-0.1, -0.05) is 11.6 Å². The van der Waals surface area contributed by atoms with E-state index in [9.17, 15) is 0 Å². The van der Waals surface area contributed by atoms with Crippen LogP contribution in [0.15, 0.2) is 36.7 Å². The van der Waals surface area contributed by atoms with Crippen molar-refractivity contribution in [2.75, 3.05) is 12.8 Å². The van der Waals surface area contributed by atoms with Gasteiger partial charge in [-0.2, -0.15) is 0 Å². The number of hydrogen-bond donors (Lipinski definition) is 1. The van der Waals surface area contributed by atoms with Crippen LogP contribution in [0.2, 0.25) is 5.02 Å². The molecule has 2 N–H and O–H groups in total. The number of aromatic nitrogens is 1. The molecule has 0 unspecified atom stereocenters. The number of halogens is 1. The van der Waals surface area contributed by atoms with Gasteiger partial charge in [0.2, 0.25) is 0 Å². The Balaban J connectivity index is 2.35. The maximum absolute atomic E-state index is 5.98. The lowest BCUT2D eigenvalue weighted by Gasteiger charge is -2.10. The number of nitrogen functional groups attached to an aromatic ring is 1. The average molecular weight is 249 g/mol. The molecule has 17 heavy (non-hydrogen) atoms. The van der Waals surface area contributed by atoms with Gasteiger partial charge < -0.3 is 10.5 Å². The van der Waals surface area contributed by atoms with Gasteiger partial charge in [0.1, 0.15) is 5.75 Å². The predicted octanol–water partition coefficient (Wildman–Crippen LogP) is 2.92. The van der Waals surface area contributed by atoms with Crippen molar-refractivity contribution in [2.45, 2.75) is 6.42 Å². The molecule has 0 bridgehead atoms. The highest BCUT2D eigenvalue weighted by atomic mass is 35.5. The van der Waals surface area contributed by atoms with Crippen LogP contribution in [0.5, 0.6) is 5.75 Å². The molecule has 4 heteroatoms. The van der Waals surface area contributed by atoms with Crippen LogP contribution in [0, 0.1) is 0 Å². The summed E-state index contributed by atoms with van der Waals surface area (Å²) in [5.74, 6) is 0.803. The van der Waals surface area contributed by atoms with Crippen LogP contribution in [0.25, 0.3) is 0 Å². The van der Waals surface area contributed by atoms with Gasteiger partial charge in [0, 0.05) is 35.1 Å². The zero-order valence-corrected chi connectivity index (χ0v) is 10.2. The van der Waals surface area contributed by atoms with E-state index in [0.717, 1.165) is 22.6 Å². The fourth-order valence-corrected chi connectivity index (χ4v) is 1.87. The molecule has 0 fully saturated rings. The Kier molecular flexibility index (Phi) is 3.49. The highest BCUT2D eigenvalue weighted by molar-refractivity contribution is 6.30. The van der Waals surface area contributed by atoms with E-state index in [1.807, 2.05) is 12.1 Å². The third kappa shape index (κ3) is 2.68. The molecule has 0 amide bonds. The Morgan fingerprint density at radius 3 is 2.82 bits per heavy atom. The summed E-state index contributed by atoms with van der Waals surface area (Å²) >= 11 is 5.98. The van der Waals surface area contributed by atoms with Crippen molar-refractivity contribution in [3.8, 4) is 5.75 Å². The van der Waals surface area contributed by atoms with Crippen LogP contribution in [-0.2, 0) is 6.42 Å². The van der Waals surface area contributed by atoms with Crippen molar-refractivity contribution >= 4 is 17.3 Å². The molecule has 3 nitrogen and oxygen atoms in total. The largest absolute Gasteiger partial charge is 0.496 e. The van der Waals surface area contributed by atoms with Crippen molar-refractivity contribution in [3.63, 3.8) is 0 Å². The van der Waals surface area contributed by atoms with Gasteiger partial charge in [0.25, 0.3) is 0 Å². The second-order valence-corrected chi connectivity index (χ2v) is 4.14. The van der Waals surface area contributed by atoms with Crippen LogP contribution < -0.4 is 10.5 Å². The van der Waals surface area contributed by atoms with Crippen LogP contribution in [-0.4, -0.2) is 12.1 Å². The zero-order chi connectivity index (χ0) is 12.3. The van der Waals surface area contributed by atoms with Gasteiger partial charge >= 0.3 is 0 Å². The molecule has 0 aliphatic heterocycles. The first kappa shape index (κ1) is 11.7. The van der Waals surface area contributed by atoms with E-state index in [1.54, 1.807) is 31.6 Å². The van der Waals surface area contributed by atoms with Gasteiger partial charge in [-0.3, -0.25) is 4.98 Å². The third-order valence-electron chi connectivity index (χ3n) is 2.56. The Bertz CT molecular complexity index is 529. The first-order chi connectivity index (χ1) is 8.20. The molecular weight excluding hydrogens is 236 g/mol. The van der Waals surface area contributed by atoms with Crippen molar-refractivity contribution in [3.05, 3.63) is 52.8 Å². The first-order valence-corrected chi connectivity index (χ1v) is 5.59. The Morgan fingerprint density at radius 2 is 2.12 bits per heavy atom. The summed E-state index contributed by atoms with van der Waals surface area (Å²) in [5, 5.41) is 0.684. The van der Waals surface area contributed by atoms with E-state index >= 15 is 0 Å². The molecule has 1 heterocycles. The number of ether oxygens (including phenoxy) is 1. The van der Waals surface area contributed by atoms with Gasteiger partial charge in [-0.15, -0.1) is 0 Å². The maximum atomic E-state index is 5.98. The summed E-state index contributed by atoms with van der Waals surface area (Å²) in [6, 6.07) is 7.32. The summed E-state index contributed by atoms with van der Waals surface area (Å²) in [5.41, 5.74) is 8.57. The van der Waals surface area contributed by atoms with Crippen molar-refractivity contribution in [1.82, 2.24) is 4.98 Å². The van der Waals surface area contributed by atoms with E-state index in [0.29, 0.717) is 11.4 Å². The van der Waals surface area contributed by atoms with Crippen LogP contribution in [0.3, 0.4) is 0 Å². The van der Waals surface area contributed by atoms with Crippen LogP contribution in [0.1, 0.15) is 11.1 Å². The van der Waals surface area contributed by atoms with Crippen molar-refractivity contribution in [1.29, 1.82) is 0 Å². The second kappa shape index (κ2) is 5.06. The summed E-state index contributed by atoms with van der Waals surface area (Å²) in [6.07, 6.45) is 4.09. The Hall–Kier alpha value is -1.74. The van der Waals surface area contributed by atoms with Gasteiger partial charge in [-0.05, 0) is 29.8 Å². The minimum Gasteiger partial charge on any atom is -0.496 e. The molecule has 0 spiro atoms. The monoisotopic (exact) mass is 248 g/mol. The topological polar surface area (TPSA) is 48.1 Å². The highest BCUT2D eigenvalue weighted by Crippen LogP contribution is 2.26. The van der Waals surface area contributed by atoms with E-state index < -0.39 is 0 Å². The van der Waals surface area contributed by atoms with Crippen LogP contribution >= 0.6 is 11.6 Å². The Morgan fingerprint density at radius 1 is 1.29 bits per heavy atom. The summed E-state index contributed by atoms with van der Waals surface area (Å²) in [6.45, 7) is 0. The Labute approximate surface area is 105 Å². The summed E-state index contributed by atoms with van der Waals surface area (Å²) in [4.78, 5) is 4.07. The normalized spacial score (nSPS) is 10.2. The lowest BCUT2D eigenvalue weighted by Crippen LogP contribution is -1.98. The average Bonchev–Trinajstić information content (AvgIpc) is 2.32. The SMILES string of the molecule is COc1ccc(Cl)cc1Cc1cnccc1N. The molecule has 0 radical (unpaired) electrons. The molecule has 0 saturated heterocycles. The summed E-state index contributed by atoms with van der Waals surface area (Å²) in [7, 11) is 1.64. The molecule has 0 aliphatic carbocycles. The number of anilines is 1. The molecule has 0 atom stereocenters. The van der Waals surface area contributed by atoms with E-state index in [2.05, 4.69) is 4.98 Å². The quantitative estimate of drug-likeness (QED) is 0.909. The van der Waals surface area contributed by atoms with Gasteiger partial charge in [-0.25, -0.2) is 0 Å². The van der Waals surface area contributed by atoms with E-state index in [4.69, 9.17) is 22.1 Å². The van der Waals surface area contributed by atoms with E-state index in [-0.39, 0.29) is 0 Å². The number of pyridine rings is 1. The van der Waals surface area contributed by atoms with Crippen molar-refractivity contribution in [2.24, 2.45) is 0 Å². The molecule has 1 aromatic heterocycles. The maximum Gasteiger partial charge on any atom is 0.122 e. The first-order valence-electron chi connectivity index (χ1n) is 5.21. The van der Waals surface area contributed by atoms with Gasteiger partial charge in [0.05, 0.1) is 7.11 Å². The number of nitrogens with zero attached hydrogens (tertiary/aromatic N) is 1. The van der Waals surface area contributed by atoms with Crippen LogP contribution in [0.4, 0.5) is 5.69 Å². The standard InChI is InChI=1S/C13H13ClN2O/c1-17-13-3-2-11(14)7-9(13)6-10-8-16-5-4-12(10)15/h2-5,7-8H,6H2,1H3,(H2,15,16). The molecule has 2 rings (SSSR count). The fraction of sp³-hybridized carbons (Fsp3) is 0.154. The molecule has 0 saturated carbocycles. The zero-order valence-electron chi connectivity index (χ0n) is 9.48. The molecular formula is C13H13ClN2O. The number of methoxy groups -OCH3 is 1. The molecule has 1 aromatic carbocycles. The van der Waals surface area contributed by atoms with E-state index in [1.165, 1.54) is 0 Å². The molecule has 0 aliphatic rings. The smallest absolute Gasteiger partial charge is 0.122 e. The minimum atomic E-state index is 0.656. The van der Waals surface area contributed by atoms with Gasteiger partial charge in [0.15, 0.2) is 0 Å². The highest BCUT2D eigenvalue weighted by Gasteiger charge is 2.07. The predicted molar refractivity (Wildman–Crippen MR) is 69.5 cm³/mol. The second-order valence-electron chi connectivity index (χ2n) is 3.71. The minimum absolute atomic E-state index is 0.656. The number of rotatable bonds is 3. The number of benzene rings is 1. The number of nitrogens with two attached hydrogens (primary N) is 1. The third-order valence-corrected chi connectivity index (χ3v) is 2.80. The number of hydrogen-bond acceptors (Lipinski definition) is 3. The fourth-order valence-electron chi connectivity index (χ4n) is 1.68. The molecule has 2 aromatic rings. The van der Waals surface area contributed by atoms with Crippen molar-refractivity contribution < 1.29 is 4.74 Å². The lowest BCUT2D eigenvalue weighted by molar-refractivity contribution is 0.410. The summed E-state index contributed by atoms with van der Waals surface area (Å²) < 4.78 is 5.29.